The van der Waals surface area contributed by atoms with Gasteiger partial charge >= 0.3 is 5.97 Å². The molecule has 1 saturated carbocycles. The molecule has 1 aliphatic carbocycles. The van der Waals surface area contributed by atoms with Crippen LogP contribution in [0.5, 0.6) is 0 Å². The fraction of sp³-hybridized carbons (Fsp3) is 0.875. The van der Waals surface area contributed by atoms with Crippen molar-refractivity contribution in [3.63, 3.8) is 0 Å². The number of hydrogen-bond acceptors (Lipinski definition) is 3. The van der Waals surface area contributed by atoms with Crippen LogP contribution in [0.3, 0.4) is 0 Å². The smallest absolute Gasteiger partial charge is 0.311 e. The van der Waals surface area contributed by atoms with Crippen molar-refractivity contribution in [1.82, 2.24) is 10.6 Å². The maximum atomic E-state index is 12.7. The standard InChI is InChI=1S/C16H28N2O3/c1-2-6-15(9-5-10-17-11-15)13(19)18-12-16(14(20)21)7-3-4-8-16/h17H,2-12H2,1H3,(H,18,19)(H,20,21). The highest BCUT2D eigenvalue weighted by Gasteiger charge is 2.44. The molecular weight excluding hydrogens is 268 g/mol. The first-order chi connectivity index (χ1) is 10.0. The lowest BCUT2D eigenvalue weighted by molar-refractivity contribution is -0.149. The fourth-order valence-electron chi connectivity index (χ4n) is 3.92. The van der Waals surface area contributed by atoms with Gasteiger partial charge in [0.25, 0.3) is 0 Å². The van der Waals surface area contributed by atoms with E-state index in [4.69, 9.17) is 0 Å². The average molecular weight is 296 g/mol. The van der Waals surface area contributed by atoms with Crippen molar-refractivity contribution in [3.05, 3.63) is 0 Å². The maximum absolute atomic E-state index is 12.7. The summed E-state index contributed by atoms with van der Waals surface area (Å²) in [6.07, 6.45) is 7.01. The Morgan fingerprint density at radius 1 is 1.14 bits per heavy atom. The van der Waals surface area contributed by atoms with Crippen LogP contribution in [0, 0.1) is 10.8 Å². The third-order valence-electron chi connectivity index (χ3n) is 5.28. The van der Waals surface area contributed by atoms with Gasteiger partial charge in [-0.1, -0.05) is 26.2 Å². The number of piperidine rings is 1. The predicted molar refractivity (Wildman–Crippen MR) is 81.0 cm³/mol. The minimum absolute atomic E-state index is 0.0454. The second-order valence-corrected chi connectivity index (χ2v) is 6.79. The van der Waals surface area contributed by atoms with Crippen LogP contribution < -0.4 is 10.6 Å². The van der Waals surface area contributed by atoms with E-state index in [1.165, 1.54) is 0 Å². The molecule has 0 bridgehead atoms. The van der Waals surface area contributed by atoms with E-state index in [-0.39, 0.29) is 17.9 Å². The molecule has 0 radical (unpaired) electrons. The van der Waals surface area contributed by atoms with Gasteiger partial charge in [0.05, 0.1) is 10.8 Å². The summed E-state index contributed by atoms with van der Waals surface area (Å²) in [6.45, 7) is 4.07. The Morgan fingerprint density at radius 3 is 2.33 bits per heavy atom. The molecule has 5 heteroatoms. The minimum Gasteiger partial charge on any atom is -0.481 e. The summed E-state index contributed by atoms with van der Waals surface area (Å²) in [5, 5.41) is 15.8. The van der Waals surface area contributed by atoms with E-state index >= 15 is 0 Å². The second kappa shape index (κ2) is 6.77. The van der Waals surface area contributed by atoms with Gasteiger partial charge in [0.15, 0.2) is 0 Å². The van der Waals surface area contributed by atoms with Crippen LogP contribution in [-0.2, 0) is 9.59 Å². The van der Waals surface area contributed by atoms with E-state index in [1.54, 1.807) is 0 Å². The Morgan fingerprint density at radius 2 is 1.81 bits per heavy atom. The van der Waals surface area contributed by atoms with Gasteiger partial charge in [-0.3, -0.25) is 9.59 Å². The van der Waals surface area contributed by atoms with E-state index in [0.717, 1.165) is 45.1 Å². The lowest BCUT2D eigenvalue weighted by Gasteiger charge is -2.37. The first kappa shape index (κ1) is 16.3. The Hall–Kier alpha value is -1.10. The van der Waals surface area contributed by atoms with Crippen LogP contribution in [0.15, 0.2) is 0 Å². The highest BCUT2D eigenvalue weighted by Crippen LogP contribution is 2.38. The zero-order valence-corrected chi connectivity index (χ0v) is 13.0. The van der Waals surface area contributed by atoms with E-state index in [0.29, 0.717) is 19.4 Å². The number of carboxylic acid groups (broad SMARTS) is 1. The number of carboxylic acids is 1. The summed E-state index contributed by atoms with van der Waals surface area (Å²) in [4.78, 5) is 24.2. The summed E-state index contributed by atoms with van der Waals surface area (Å²) in [7, 11) is 0. The largest absolute Gasteiger partial charge is 0.481 e. The monoisotopic (exact) mass is 296 g/mol. The number of nitrogens with one attached hydrogen (secondary N) is 2. The molecule has 0 aromatic rings. The Kier molecular flexibility index (Phi) is 5.25. The molecule has 1 aliphatic heterocycles. The van der Waals surface area contributed by atoms with Crippen LogP contribution in [0.25, 0.3) is 0 Å². The molecule has 3 N–H and O–H groups in total. The third kappa shape index (κ3) is 3.39. The van der Waals surface area contributed by atoms with Gasteiger partial charge in [0, 0.05) is 13.1 Å². The van der Waals surface area contributed by atoms with E-state index < -0.39 is 11.4 Å². The van der Waals surface area contributed by atoms with Crippen LogP contribution in [0.2, 0.25) is 0 Å². The quantitative estimate of drug-likeness (QED) is 0.699. The summed E-state index contributed by atoms with van der Waals surface area (Å²) >= 11 is 0. The Bertz CT molecular complexity index is 377. The van der Waals surface area contributed by atoms with Crippen molar-refractivity contribution >= 4 is 11.9 Å². The summed E-state index contributed by atoms with van der Waals surface area (Å²) < 4.78 is 0. The number of amides is 1. The van der Waals surface area contributed by atoms with Crippen molar-refractivity contribution in [2.75, 3.05) is 19.6 Å². The van der Waals surface area contributed by atoms with Gasteiger partial charge in [-0.2, -0.15) is 0 Å². The van der Waals surface area contributed by atoms with Gasteiger partial charge in [-0.05, 0) is 38.6 Å². The summed E-state index contributed by atoms with van der Waals surface area (Å²) in [5.41, 5.74) is -1.07. The Balaban J connectivity index is 2.00. The van der Waals surface area contributed by atoms with Crippen LogP contribution in [-0.4, -0.2) is 36.6 Å². The molecule has 2 aliphatic rings. The first-order valence-electron chi connectivity index (χ1n) is 8.27. The summed E-state index contributed by atoms with van der Waals surface area (Å²) in [5.74, 6) is -0.712. The molecule has 120 valence electrons. The molecule has 1 atom stereocenters. The van der Waals surface area contributed by atoms with Crippen LogP contribution in [0.4, 0.5) is 0 Å². The number of carbonyl (C=O) groups excluding carboxylic acids is 1. The van der Waals surface area contributed by atoms with Gasteiger partial charge in [-0.15, -0.1) is 0 Å². The van der Waals surface area contributed by atoms with Gasteiger partial charge in [-0.25, -0.2) is 0 Å². The van der Waals surface area contributed by atoms with Gasteiger partial charge in [0.2, 0.25) is 5.91 Å². The lowest BCUT2D eigenvalue weighted by atomic mass is 9.75. The van der Waals surface area contributed by atoms with E-state index in [9.17, 15) is 14.7 Å². The zero-order valence-electron chi connectivity index (χ0n) is 13.0. The van der Waals surface area contributed by atoms with Gasteiger partial charge in [0.1, 0.15) is 0 Å². The average Bonchev–Trinajstić information content (AvgIpc) is 2.96. The van der Waals surface area contributed by atoms with Crippen molar-refractivity contribution in [1.29, 1.82) is 0 Å². The molecule has 21 heavy (non-hydrogen) atoms. The number of hydrogen-bond donors (Lipinski definition) is 3. The second-order valence-electron chi connectivity index (χ2n) is 6.79. The normalized spacial score (nSPS) is 28.2. The fourth-order valence-corrected chi connectivity index (χ4v) is 3.92. The van der Waals surface area contributed by atoms with E-state index in [1.807, 2.05) is 0 Å². The molecule has 1 saturated heterocycles. The Labute approximate surface area is 126 Å². The molecule has 2 fully saturated rings. The third-order valence-corrected chi connectivity index (χ3v) is 5.28. The molecular formula is C16H28N2O3. The lowest BCUT2D eigenvalue weighted by Crippen LogP contribution is -2.53. The minimum atomic E-state index is -0.758. The first-order valence-corrected chi connectivity index (χ1v) is 8.27. The number of aliphatic carboxylic acids is 1. The molecule has 0 spiro atoms. The number of carbonyl (C=O) groups is 2. The molecule has 0 aromatic carbocycles. The predicted octanol–water partition coefficient (Wildman–Crippen LogP) is 1.92. The van der Waals surface area contributed by atoms with Crippen LogP contribution >= 0.6 is 0 Å². The molecule has 1 amide bonds. The molecule has 2 rings (SSSR count). The SMILES string of the molecule is CCCC1(C(=O)NCC2(C(=O)O)CCCC2)CCCNC1. The zero-order chi connectivity index (χ0) is 15.3. The summed E-state index contributed by atoms with van der Waals surface area (Å²) in [6, 6.07) is 0. The van der Waals surface area contributed by atoms with Crippen LogP contribution in [0.1, 0.15) is 58.3 Å². The molecule has 5 nitrogen and oxygen atoms in total. The molecule has 1 heterocycles. The highest BCUT2D eigenvalue weighted by molar-refractivity contribution is 5.84. The van der Waals surface area contributed by atoms with E-state index in [2.05, 4.69) is 17.6 Å². The van der Waals surface area contributed by atoms with Crippen molar-refractivity contribution in [2.24, 2.45) is 10.8 Å². The van der Waals surface area contributed by atoms with Gasteiger partial charge < -0.3 is 15.7 Å². The maximum Gasteiger partial charge on any atom is 0.311 e. The number of rotatable bonds is 6. The molecule has 1 unspecified atom stereocenters. The van der Waals surface area contributed by atoms with Crippen molar-refractivity contribution in [3.8, 4) is 0 Å². The van der Waals surface area contributed by atoms with Crippen molar-refractivity contribution in [2.45, 2.75) is 58.3 Å². The van der Waals surface area contributed by atoms with Crippen molar-refractivity contribution < 1.29 is 14.7 Å². The highest BCUT2D eigenvalue weighted by atomic mass is 16.4. The topological polar surface area (TPSA) is 78.4 Å². The molecule has 0 aromatic heterocycles.